The van der Waals surface area contributed by atoms with Gasteiger partial charge in [-0.25, -0.2) is 15.4 Å². The second kappa shape index (κ2) is 6.80. The molecule has 0 saturated heterocycles. The Kier molecular flexibility index (Phi) is 4.03. The van der Waals surface area contributed by atoms with Gasteiger partial charge in [0, 0.05) is 39.5 Å². The van der Waals surface area contributed by atoms with Crippen LogP contribution in [-0.4, -0.2) is 14.5 Å². The average molecular weight is 427 g/mol. The summed E-state index contributed by atoms with van der Waals surface area (Å²) >= 11 is 1.82. The summed E-state index contributed by atoms with van der Waals surface area (Å²) in [4.78, 5) is 10.1. The third-order valence-electron chi connectivity index (χ3n) is 5.86. The molecule has 3 aromatic heterocycles. The van der Waals surface area contributed by atoms with Gasteiger partial charge in [-0.05, 0) is 54.6 Å². The Balaban J connectivity index is 1.61. The summed E-state index contributed by atoms with van der Waals surface area (Å²) in [5.74, 6) is 0.296. The van der Waals surface area contributed by atoms with Gasteiger partial charge in [-0.3, -0.25) is 0 Å². The van der Waals surface area contributed by atoms with E-state index in [2.05, 4.69) is 87.9 Å². The number of nitrogens with zero attached hydrogens (tertiary/aromatic N) is 3. The molecule has 0 spiro atoms. The van der Waals surface area contributed by atoms with E-state index in [0.717, 1.165) is 34.4 Å². The summed E-state index contributed by atoms with van der Waals surface area (Å²) in [7, 11) is 0. The van der Waals surface area contributed by atoms with E-state index in [1.807, 2.05) is 17.5 Å². The van der Waals surface area contributed by atoms with Gasteiger partial charge in [0.2, 0.25) is 5.95 Å². The van der Waals surface area contributed by atoms with Crippen molar-refractivity contribution in [3.8, 4) is 21.6 Å². The van der Waals surface area contributed by atoms with E-state index in [0.29, 0.717) is 12.0 Å². The minimum atomic E-state index is 0.295. The Hall–Kier alpha value is -3.42. The summed E-state index contributed by atoms with van der Waals surface area (Å²) in [6, 6.07) is 15.6. The molecule has 0 radical (unpaired) electrons. The Bertz CT molecular complexity index is 1430. The Labute approximate surface area is 183 Å². The Morgan fingerprint density at radius 1 is 1.13 bits per heavy atom. The Morgan fingerprint density at radius 2 is 2.00 bits per heavy atom. The largest absolute Gasteiger partial charge is 0.368 e. The lowest BCUT2D eigenvalue weighted by Crippen LogP contribution is -2.11. The maximum atomic E-state index is 5.96. The van der Waals surface area contributed by atoms with Crippen LogP contribution in [0.5, 0.6) is 0 Å². The van der Waals surface area contributed by atoms with Crippen LogP contribution < -0.4 is 16.6 Å². The molecule has 1 aliphatic heterocycles. The van der Waals surface area contributed by atoms with Gasteiger partial charge in [0.15, 0.2) is 0 Å². The first kappa shape index (κ1) is 18.4. The lowest BCUT2D eigenvalue weighted by molar-refractivity contribution is 0.622. The first-order valence-electron chi connectivity index (χ1n) is 10.4. The van der Waals surface area contributed by atoms with Gasteiger partial charge in [-0.2, -0.15) is 0 Å². The van der Waals surface area contributed by atoms with Gasteiger partial charge in [0.1, 0.15) is 5.52 Å². The monoisotopic (exact) mass is 426 g/mol. The zero-order valence-corrected chi connectivity index (χ0v) is 18.1. The Morgan fingerprint density at radius 3 is 2.84 bits per heavy atom. The molecule has 0 unspecified atom stereocenters. The predicted octanol–water partition coefficient (Wildman–Crippen LogP) is 5.57. The third kappa shape index (κ3) is 2.89. The van der Waals surface area contributed by atoms with Crippen LogP contribution in [0.25, 0.3) is 42.7 Å². The minimum absolute atomic E-state index is 0.295. The lowest BCUT2D eigenvalue weighted by atomic mass is 9.98. The second-order valence-electron chi connectivity index (χ2n) is 8.19. The molecule has 7 heteroatoms. The second-order valence-corrected chi connectivity index (χ2v) is 9.27. The van der Waals surface area contributed by atoms with Crippen molar-refractivity contribution in [2.45, 2.75) is 26.4 Å². The van der Waals surface area contributed by atoms with E-state index in [1.54, 1.807) is 0 Å². The molecule has 6 nitrogen and oxygen atoms in total. The molecule has 2 aromatic carbocycles. The highest BCUT2D eigenvalue weighted by molar-refractivity contribution is 7.22. The fourth-order valence-electron chi connectivity index (χ4n) is 4.37. The van der Waals surface area contributed by atoms with E-state index < -0.39 is 0 Å². The van der Waals surface area contributed by atoms with Gasteiger partial charge >= 0.3 is 0 Å². The van der Waals surface area contributed by atoms with Crippen LogP contribution in [0.1, 0.15) is 25.5 Å². The molecule has 6 rings (SSSR count). The number of hydrogen-bond donors (Lipinski definition) is 3. The quantitative estimate of drug-likeness (QED) is 0.351. The number of nitrogens with two attached hydrogens (primary N) is 1. The number of hydrogen-bond acceptors (Lipinski definition) is 6. The predicted molar refractivity (Wildman–Crippen MR) is 129 cm³/mol. The molecule has 31 heavy (non-hydrogen) atoms. The number of hydrazine groups is 1. The van der Waals surface area contributed by atoms with E-state index in [9.17, 15) is 0 Å². The zero-order valence-electron chi connectivity index (χ0n) is 17.3. The van der Waals surface area contributed by atoms with Gasteiger partial charge in [-0.15, -0.1) is 11.3 Å². The fourth-order valence-corrected chi connectivity index (χ4v) is 5.45. The van der Waals surface area contributed by atoms with Gasteiger partial charge in [0.05, 0.1) is 17.4 Å². The number of benzene rings is 2. The minimum Gasteiger partial charge on any atom is -0.368 e. The van der Waals surface area contributed by atoms with Crippen molar-refractivity contribution in [2.75, 3.05) is 11.2 Å². The molecule has 4 heterocycles. The normalized spacial score (nSPS) is 13.3. The number of rotatable bonds is 3. The average Bonchev–Trinajstić information content (AvgIpc) is 3.48. The SMILES string of the molecule is CC(C)n1cc(-c2cc3c(c(-c4cc5ccccc5s4)c2)NNC3)c2nc(N)ncc21. The molecule has 0 saturated carbocycles. The first-order chi connectivity index (χ1) is 15.1. The van der Waals surface area contributed by atoms with Gasteiger partial charge < -0.3 is 15.7 Å². The van der Waals surface area contributed by atoms with E-state index in [4.69, 9.17) is 5.73 Å². The molecule has 0 fully saturated rings. The maximum absolute atomic E-state index is 5.96. The molecular weight excluding hydrogens is 404 g/mol. The van der Waals surface area contributed by atoms with Crippen molar-refractivity contribution < 1.29 is 0 Å². The maximum Gasteiger partial charge on any atom is 0.220 e. The van der Waals surface area contributed by atoms with Crippen LogP contribution in [0.4, 0.5) is 11.6 Å². The van der Waals surface area contributed by atoms with Crippen molar-refractivity contribution in [1.29, 1.82) is 0 Å². The molecule has 0 aliphatic carbocycles. The fraction of sp³-hybridized carbons (Fsp3) is 0.167. The molecule has 5 aromatic rings. The van der Waals surface area contributed by atoms with Gasteiger partial charge in [0.25, 0.3) is 0 Å². The smallest absolute Gasteiger partial charge is 0.220 e. The molecule has 0 amide bonds. The van der Waals surface area contributed by atoms with Crippen LogP contribution in [0, 0.1) is 0 Å². The molecule has 0 bridgehead atoms. The van der Waals surface area contributed by atoms with Crippen molar-refractivity contribution in [3.05, 3.63) is 60.4 Å². The highest BCUT2D eigenvalue weighted by Gasteiger charge is 2.21. The summed E-state index contributed by atoms with van der Waals surface area (Å²) in [5.41, 5.74) is 20.3. The number of nitrogens with one attached hydrogen (secondary N) is 2. The summed E-state index contributed by atoms with van der Waals surface area (Å²) < 4.78 is 3.51. The first-order valence-corrected chi connectivity index (χ1v) is 11.2. The molecule has 4 N–H and O–H groups in total. The summed E-state index contributed by atoms with van der Waals surface area (Å²) in [6.45, 7) is 5.11. The summed E-state index contributed by atoms with van der Waals surface area (Å²) in [6.07, 6.45) is 4.00. The zero-order chi connectivity index (χ0) is 21.1. The summed E-state index contributed by atoms with van der Waals surface area (Å²) in [5, 5.41) is 1.27. The van der Waals surface area contributed by atoms with Crippen LogP contribution >= 0.6 is 11.3 Å². The van der Waals surface area contributed by atoms with Crippen molar-refractivity contribution >= 4 is 44.1 Å². The van der Waals surface area contributed by atoms with Crippen molar-refractivity contribution in [3.63, 3.8) is 0 Å². The number of fused-ring (bicyclic) bond motifs is 3. The van der Waals surface area contributed by atoms with Crippen LogP contribution in [-0.2, 0) is 6.54 Å². The van der Waals surface area contributed by atoms with Crippen molar-refractivity contribution in [2.24, 2.45) is 0 Å². The van der Waals surface area contributed by atoms with Crippen LogP contribution in [0.3, 0.4) is 0 Å². The third-order valence-corrected chi connectivity index (χ3v) is 7.01. The van der Waals surface area contributed by atoms with Crippen LogP contribution in [0.15, 0.2) is 54.9 Å². The van der Waals surface area contributed by atoms with E-state index >= 15 is 0 Å². The molecule has 0 atom stereocenters. The number of anilines is 2. The molecule has 1 aliphatic rings. The highest BCUT2D eigenvalue weighted by Crippen LogP contribution is 2.43. The molecular formula is C24H22N6S. The number of thiophene rings is 1. The van der Waals surface area contributed by atoms with E-state index in [-0.39, 0.29) is 0 Å². The highest BCUT2D eigenvalue weighted by atomic mass is 32.1. The van der Waals surface area contributed by atoms with Gasteiger partial charge in [-0.1, -0.05) is 18.2 Å². The standard InChI is InChI=1S/C24H22N6S/c1-13(2)30-12-18(23-19(30)11-26-24(25)28-23)15-7-16-10-27-29-22(16)17(8-15)21-9-14-5-3-4-6-20(14)31-21/h3-9,11-13,27,29H,10H2,1-2H3,(H2,25,26,28). The van der Waals surface area contributed by atoms with Crippen LogP contribution in [0.2, 0.25) is 0 Å². The van der Waals surface area contributed by atoms with E-state index in [1.165, 1.54) is 26.1 Å². The lowest BCUT2D eigenvalue weighted by Gasteiger charge is -2.10. The number of nitrogen functional groups attached to an aromatic ring is 1. The number of aromatic nitrogens is 3. The van der Waals surface area contributed by atoms with Crippen molar-refractivity contribution in [1.82, 2.24) is 20.0 Å². The molecule has 154 valence electrons. The topological polar surface area (TPSA) is 80.8 Å².